The van der Waals surface area contributed by atoms with Crippen LogP contribution in [0.25, 0.3) is 10.8 Å². The number of hydrogen-bond acceptors (Lipinski definition) is 4. The second kappa shape index (κ2) is 4.74. The molecule has 2 aromatic carbocycles. The van der Waals surface area contributed by atoms with Crippen LogP contribution >= 0.6 is 11.6 Å². The van der Waals surface area contributed by atoms with Crippen LogP contribution in [0.4, 0.5) is 17.5 Å². The maximum Gasteiger partial charge on any atom is 0.223 e. The molecule has 0 spiro atoms. The van der Waals surface area contributed by atoms with E-state index in [2.05, 4.69) is 27.4 Å². The third-order valence-corrected chi connectivity index (χ3v) is 2.96. The molecule has 1 heterocycles. The van der Waals surface area contributed by atoms with E-state index in [9.17, 15) is 0 Å². The second-order valence-corrected chi connectivity index (χ2v) is 4.47. The maximum atomic E-state index is 5.86. The minimum Gasteiger partial charge on any atom is -0.368 e. The first-order valence-electron chi connectivity index (χ1n) is 5.77. The van der Waals surface area contributed by atoms with Crippen molar-refractivity contribution in [3.63, 3.8) is 0 Å². The summed E-state index contributed by atoms with van der Waals surface area (Å²) in [7, 11) is 0. The van der Waals surface area contributed by atoms with Gasteiger partial charge in [-0.3, -0.25) is 0 Å². The third kappa shape index (κ3) is 2.44. The Hall–Kier alpha value is -2.33. The van der Waals surface area contributed by atoms with Gasteiger partial charge in [0.05, 0.1) is 0 Å². The molecule has 0 unspecified atom stereocenters. The molecule has 1 aromatic heterocycles. The molecule has 94 valence electrons. The van der Waals surface area contributed by atoms with Crippen LogP contribution in [0.5, 0.6) is 0 Å². The fraction of sp³-hybridized carbons (Fsp3) is 0. The third-order valence-electron chi connectivity index (χ3n) is 2.76. The molecule has 0 saturated carbocycles. The van der Waals surface area contributed by atoms with Crippen molar-refractivity contribution in [1.29, 1.82) is 0 Å². The molecule has 3 N–H and O–H groups in total. The number of anilines is 3. The number of halogens is 1. The number of nitrogen functional groups attached to an aromatic ring is 1. The molecule has 3 rings (SSSR count). The molecule has 0 fully saturated rings. The van der Waals surface area contributed by atoms with Crippen LogP contribution in [0.1, 0.15) is 0 Å². The first kappa shape index (κ1) is 11.7. The molecule has 0 radical (unpaired) electrons. The van der Waals surface area contributed by atoms with Crippen molar-refractivity contribution >= 4 is 39.8 Å². The van der Waals surface area contributed by atoms with Gasteiger partial charge in [0.15, 0.2) is 0 Å². The molecule has 3 aromatic rings. The molecule has 0 aliphatic heterocycles. The SMILES string of the molecule is Nc1nc(Cl)cc(Nc2cccc3ccccc23)n1. The van der Waals surface area contributed by atoms with Gasteiger partial charge in [-0.25, -0.2) is 4.98 Å². The molecule has 5 heteroatoms. The van der Waals surface area contributed by atoms with Crippen LogP contribution in [-0.4, -0.2) is 9.97 Å². The normalized spacial score (nSPS) is 10.6. The summed E-state index contributed by atoms with van der Waals surface area (Å²) in [6, 6.07) is 15.8. The topological polar surface area (TPSA) is 63.8 Å². The highest BCUT2D eigenvalue weighted by molar-refractivity contribution is 6.29. The number of nitrogens with one attached hydrogen (secondary N) is 1. The quantitative estimate of drug-likeness (QED) is 0.698. The standard InChI is InChI=1S/C14H11ClN4/c15-12-8-13(19-14(16)18-12)17-11-7-3-5-9-4-1-2-6-10(9)11/h1-8H,(H3,16,17,18,19). The van der Waals surface area contributed by atoms with Crippen LogP contribution < -0.4 is 11.1 Å². The Bertz CT molecular complexity index is 717. The summed E-state index contributed by atoms with van der Waals surface area (Å²) in [6.07, 6.45) is 0. The zero-order valence-electron chi connectivity index (χ0n) is 9.97. The number of hydrogen-bond donors (Lipinski definition) is 2. The lowest BCUT2D eigenvalue weighted by atomic mass is 10.1. The first-order chi connectivity index (χ1) is 9.22. The van der Waals surface area contributed by atoms with E-state index in [4.69, 9.17) is 17.3 Å². The van der Waals surface area contributed by atoms with Crippen molar-refractivity contribution < 1.29 is 0 Å². The summed E-state index contributed by atoms with van der Waals surface area (Å²) in [5.41, 5.74) is 6.53. The highest BCUT2D eigenvalue weighted by atomic mass is 35.5. The van der Waals surface area contributed by atoms with Gasteiger partial charge in [-0.2, -0.15) is 4.98 Å². The van der Waals surface area contributed by atoms with Gasteiger partial charge < -0.3 is 11.1 Å². The van der Waals surface area contributed by atoms with Gasteiger partial charge in [0, 0.05) is 17.1 Å². The Labute approximate surface area is 115 Å². The predicted octanol–water partition coefficient (Wildman–Crippen LogP) is 3.61. The van der Waals surface area contributed by atoms with Gasteiger partial charge in [0.2, 0.25) is 5.95 Å². The zero-order chi connectivity index (χ0) is 13.2. The summed E-state index contributed by atoms with van der Waals surface area (Å²) >= 11 is 5.86. The minimum atomic E-state index is 0.148. The molecule has 4 nitrogen and oxygen atoms in total. The molecule has 0 bridgehead atoms. The van der Waals surface area contributed by atoms with E-state index < -0.39 is 0 Å². The van der Waals surface area contributed by atoms with E-state index in [0.717, 1.165) is 16.5 Å². The van der Waals surface area contributed by atoms with Gasteiger partial charge in [-0.15, -0.1) is 0 Å². The second-order valence-electron chi connectivity index (χ2n) is 4.09. The molecule has 19 heavy (non-hydrogen) atoms. The lowest BCUT2D eigenvalue weighted by molar-refractivity contribution is 1.19. The Balaban J connectivity index is 2.05. The molecule has 0 aliphatic carbocycles. The van der Waals surface area contributed by atoms with Crippen LogP contribution in [0.3, 0.4) is 0 Å². The highest BCUT2D eigenvalue weighted by Crippen LogP contribution is 2.26. The van der Waals surface area contributed by atoms with Gasteiger partial charge in [0.1, 0.15) is 11.0 Å². The molecule has 0 saturated heterocycles. The molecule has 0 aliphatic rings. The van der Waals surface area contributed by atoms with Crippen molar-refractivity contribution in [3.8, 4) is 0 Å². The van der Waals surface area contributed by atoms with E-state index in [1.54, 1.807) is 6.07 Å². The maximum absolute atomic E-state index is 5.86. The summed E-state index contributed by atoms with van der Waals surface area (Å²) in [6.45, 7) is 0. The largest absolute Gasteiger partial charge is 0.368 e. The predicted molar refractivity (Wildman–Crippen MR) is 78.7 cm³/mol. The number of fused-ring (bicyclic) bond motifs is 1. The van der Waals surface area contributed by atoms with Gasteiger partial charge in [-0.1, -0.05) is 48.0 Å². The average Bonchev–Trinajstić information content (AvgIpc) is 2.38. The Morgan fingerprint density at radius 3 is 2.63 bits per heavy atom. The number of rotatable bonds is 2. The summed E-state index contributed by atoms with van der Waals surface area (Å²) < 4.78 is 0. The van der Waals surface area contributed by atoms with Crippen molar-refractivity contribution in [3.05, 3.63) is 53.7 Å². The lowest BCUT2D eigenvalue weighted by Gasteiger charge is -2.09. The number of aromatic nitrogens is 2. The summed E-state index contributed by atoms with van der Waals surface area (Å²) in [4.78, 5) is 7.94. The number of benzene rings is 2. The molecular weight excluding hydrogens is 260 g/mol. The highest BCUT2D eigenvalue weighted by Gasteiger charge is 2.04. The van der Waals surface area contributed by atoms with Crippen molar-refractivity contribution in [2.45, 2.75) is 0 Å². The molecular formula is C14H11ClN4. The molecule has 0 atom stereocenters. The fourth-order valence-electron chi connectivity index (χ4n) is 1.97. The van der Waals surface area contributed by atoms with Crippen LogP contribution in [0, 0.1) is 0 Å². The average molecular weight is 271 g/mol. The van der Waals surface area contributed by atoms with E-state index in [-0.39, 0.29) is 5.95 Å². The van der Waals surface area contributed by atoms with E-state index >= 15 is 0 Å². The monoisotopic (exact) mass is 270 g/mol. The van der Waals surface area contributed by atoms with Crippen LogP contribution in [0.2, 0.25) is 5.15 Å². The summed E-state index contributed by atoms with van der Waals surface area (Å²) in [5, 5.41) is 5.79. The smallest absolute Gasteiger partial charge is 0.223 e. The summed E-state index contributed by atoms with van der Waals surface area (Å²) in [5.74, 6) is 0.726. The van der Waals surface area contributed by atoms with Crippen molar-refractivity contribution in [2.75, 3.05) is 11.1 Å². The van der Waals surface area contributed by atoms with Crippen LogP contribution in [0.15, 0.2) is 48.5 Å². The minimum absolute atomic E-state index is 0.148. The van der Waals surface area contributed by atoms with Crippen molar-refractivity contribution in [1.82, 2.24) is 9.97 Å². The Morgan fingerprint density at radius 1 is 1.00 bits per heavy atom. The van der Waals surface area contributed by atoms with E-state index in [0.29, 0.717) is 11.0 Å². The van der Waals surface area contributed by atoms with Gasteiger partial charge >= 0.3 is 0 Å². The Kier molecular flexibility index (Phi) is 2.93. The lowest BCUT2D eigenvalue weighted by Crippen LogP contribution is -2.00. The zero-order valence-corrected chi connectivity index (χ0v) is 10.7. The van der Waals surface area contributed by atoms with Crippen LogP contribution in [-0.2, 0) is 0 Å². The fourth-order valence-corrected chi connectivity index (χ4v) is 2.16. The first-order valence-corrected chi connectivity index (χ1v) is 6.15. The molecule has 0 amide bonds. The van der Waals surface area contributed by atoms with E-state index in [1.807, 2.05) is 30.3 Å². The number of nitrogens with two attached hydrogens (primary N) is 1. The van der Waals surface area contributed by atoms with E-state index in [1.165, 1.54) is 0 Å². The van der Waals surface area contributed by atoms with Crippen molar-refractivity contribution in [2.24, 2.45) is 0 Å². The van der Waals surface area contributed by atoms with Gasteiger partial charge in [-0.05, 0) is 11.5 Å². The number of nitrogens with zero attached hydrogens (tertiary/aromatic N) is 2. The Morgan fingerprint density at radius 2 is 1.79 bits per heavy atom. The van der Waals surface area contributed by atoms with Gasteiger partial charge in [0.25, 0.3) is 0 Å².